The molecule has 0 fully saturated rings. The van der Waals surface area contributed by atoms with E-state index in [4.69, 9.17) is 0 Å². The fraction of sp³-hybridized carbons (Fsp3) is 0.250. The predicted octanol–water partition coefficient (Wildman–Crippen LogP) is 1.60. The molecule has 0 aromatic heterocycles. The highest BCUT2D eigenvalue weighted by Gasteiger charge is 2.02. The Kier molecular flexibility index (Phi) is 5.64. The molecule has 7 heteroatoms. The van der Waals surface area contributed by atoms with Gasteiger partial charge in [-0.1, -0.05) is 12.1 Å². The largest absolute Gasteiger partial charge is 0.772 e. The fourth-order valence-electron chi connectivity index (χ4n) is 2.08. The number of nitrogens with zero attached hydrogens (tertiary/aromatic N) is 1. The third kappa shape index (κ3) is 5.03. The van der Waals surface area contributed by atoms with Crippen LogP contribution in [0.2, 0.25) is 0 Å². The summed E-state index contributed by atoms with van der Waals surface area (Å²) in [6, 6.07) is 8.96. The second-order valence-corrected chi connectivity index (χ2v) is 5.16. The van der Waals surface area contributed by atoms with Crippen LogP contribution in [-0.4, -0.2) is 38.7 Å². The number of benzene rings is 2. The highest BCUT2D eigenvalue weighted by molar-refractivity contribution is 5.41. The van der Waals surface area contributed by atoms with E-state index < -0.39 is 0 Å². The lowest BCUT2D eigenvalue weighted by molar-refractivity contribution is 0.276. The smallest absolute Gasteiger partial charge is 0.157 e. The van der Waals surface area contributed by atoms with Crippen LogP contribution in [0.25, 0.3) is 0 Å². The first-order valence-electron chi connectivity index (χ1n) is 7.15. The molecule has 0 spiro atoms. The van der Waals surface area contributed by atoms with Gasteiger partial charge in [-0.15, -0.1) is 0 Å². The van der Waals surface area contributed by atoms with Crippen molar-refractivity contribution in [2.24, 2.45) is 0 Å². The van der Waals surface area contributed by atoms with Gasteiger partial charge in [0.25, 0.3) is 0 Å². The molecule has 0 saturated heterocycles. The minimum atomic E-state index is -0.208. The molecule has 0 aliphatic carbocycles. The molecule has 2 aromatic rings. The molecule has 23 heavy (non-hydrogen) atoms. The summed E-state index contributed by atoms with van der Waals surface area (Å²) in [7, 11) is 0. The van der Waals surface area contributed by atoms with Gasteiger partial charge in [0.15, 0.2) is 23.0 Å². The Labute approximate surface area is 133 Å². The van der Waals surface area contributed by atoms with E-state index in [9.17, 15) is 25.6 Å². The average Bonchev–Trinajstić information content (AvgIpc) is 2.52. The molecule has 0 amide bonds. The van der Waals surface area contributed by atoms with Crippen molar-refractivity contribution in [1.82, 2.24) is 10.6 Å². The lowest BCUT2D eigenvalue weighted by atomic mass is 10.1. The van der Waals surface area contributed by atoms with Gasteiger partial charge in [-0.2, -0.15) is 0 Å². The molecular weight excluding hydrogens is 300 g/mol. The zero-order chi connectivity index (χ0) is 16.8. The Hall–Kier alpha value is -2.48. The summed E-state index contributed by atoms with van der Waals surface area (Å²) in [5.74, 6) is -0.763. The van der Waals surface area contributed by atoms with Gasteiger partial charge in [0.2, 0.25) is 0 Å². The van der Waals surface area contributed by atoms with E-state index in [0.29, 0.717) is 24.6 Å². The summed E-state index contributed by atoms with van der Waals surface area (Å²) in [5, 5.41) is 49.6. The number of hydrogen-bond acceptors (Lipinski definition) is 7. The highest BCUT2D eigenvalue weighted by Crippen LogP contribution is 2.25. The molecule has 7 nitrogen and oxygen atoms in total. The van der Waals surface area contributed by atoms with Crippen LogP contribution < -0.4 is 5.43 Å². The number of hydrazine groups is 1. The fourth-order valence-corrected chi connectivity index (χ4v) is 2.08. The van der Waals surface area contributed by atoms with Crippen LogP contribution in [0.4, 0.5) is 0 Å². The minimum Gasteiger partial charge on any atom is -0.772 e. The van der Waals surface area contributed by atoms with Crippen molar-refractivity contribution in [1.29, 1.82) is 0 Å². The maximum absolute atomic E-state index is 11.7. The average molecular weight is 319 g/mol. The van der Waals surface area contributed by atoms with Crippen LogP contribution in [0.5, 0.6) is 23.0 Å². The molecule has 0 radical (unpaired) electrons. The second kappa shape index (κ2) is 7.68. The lowest BCUT2D eigenvalue weighted by Crippen LogP contribution is -2.35. The number of aromatic hydroxyl groups is 4. The standard InChI is InChI=1S/C16H19N2O5/c19-13-3-1-11(9-15(13)21)5-7-17-18(23)8-6-12-2-4-14(20)16(22)10-12/h1-4,9-10,17,19-22H,5-8H2/q-1. The monoisotopic (exact) mass is 319 g/mol. The quantitative estimate of drug-likeness (QED) is 0.388. The van der Waals surface area contributed by atoms with Crippen molar-refractivity contribution in [3.05, 3.63) is 52.7 Å². The van der Waals surface area contributed by atoms with Gasteiger partial charge >= 0.3 is 0 Å². The van der Waals surface area contributed by atoms with Crippen molar-refractivity contribution >= 4 is 0 Å². The molecule has 2 aromatic carbocycles. The van der Waals surface area contributed by atoms with Gasteiger partial charge in [0.05, 0.1) is 0 Å². The lowest BCUT2D eigenvalue weighted by Gasteiger charge is -2.28. The zero-order valence-corrected chi connectivity index (χ0v) is 12.4. The maximum atomic E-state index is 11.7. The number of phenolic OH excluding ortho intramolecular Hbond substituents is 4. The van der Waals surface area contributed by atoms with E-state index in [-0.39, 0.29) is 29.5 Å². The first-order chi connectivity index (χ1) is 11.0. The van der Waals surface area contributed by atoms with Crippen molar-refractivity contribution in [3.8, 4) is 23.0 Å². The van der Waals surface area contributed by atoms with Crippen LogP contribution >= 0.6 is 0 Å². The maximum Gasteiger partial charge on any atom is 0.157 e. The topological polar surface area (TPSA) is 119 Å². The van der Waals surface area contributed by atoms with Crippen LogP contribution in [0.1, 0.15) is 11.1 Å². The summed E-state index contributed by atoms with van der Waals surface area (Å²) in [5.41, 5.74) is 4.22. The molecular formula is C16H19N2O5-. The van der Waals surface area contributed by atoms with Crippen LogP contribution in [-0.2, 0) is 12.8 Å². The summed E-state index contributed by atoms with van der Waals surface area (Å²) in [6.07, 6.45) is 0.941. The van der Waals surface area contributed by atoms with E-state index in [0.717, 1.165) is 11.1 Å². The van der Waals surface area contributed by atoms with Crippen molar-refractivity contribution in [2.75, 3.05) is 13.1 Å². The van der Waals surface area contributed by atoms with Gasteiger partial charge in [0.1, 0.15) is 0 Å². The first kappa shape index (κ1) is 16.9. The molecule has 0 unspecified atom stereocenters. The van der Waals surface area contributed by atoms with E-state index >= 15 is 0 Å². The molecule has 0 aliphatic rings. The Morgan fingerprint density at radius 3 is 1.83 bits per heavy atom. The van der Waals surface area contributed by atoms with Crippen LogP contribution in [0, 0.1) is 5.21 Å². The predicted molar refractivity (Wildman–Crippen MR) is 85.0 cm³/mol. The summed E-state index contributed by atoms with van der Waals surface area (Å²) in [6.45, 7) is 0.569. The number of hydroxylamine groups is 1. The molecule has 2 rings (SSSR count). The normalized spacial score (nSPS) is 11.0. The third-order valence-corrected chi connectivity index (χ3v) is 3.39. The Balaban J connectivity index is 1.73. The van der Waals surface area contributed by atoms with E-state index in [1.54, 1.807) is 12.1 Å². The minimum absolute atomic E-state index is 0.177. The van der Waals surface area contributed by atoms with Gasteiger partial charge in [-0.3, -0.25) is 5.43 Å². The van der Waals surface area contributed by atoms with Crippen molar-refractivity contribution in [2.45, 2.75) is 12.8 Å². The number of phenols is 4. The third-order valence-electron chi connectivity index (χ3n) is 3.39. The molecule has 5 N–H and O–H groups in total. The number of rotatable bonds is 7. The molecule has 124 valence electrons. The molecule has 0 heterocycles. The van der Waals surface area contributed by atoms with Gasteiger partial charge in [-0.25, -0.2) is 0 Å². The molecule has 0 atom stereocenters. The van der Waals surface area contributed by atoms with E-state index in [2.05, 4.69) is 5.43 Å². The van der Waals surface area contributed by atoms with Crippen LogP contribution in [0.15, 0.2) is 36.4 Å². The zero-order valence-electron chi connectivity index (χ0n) is 12.4. The highest BCUT2D eigenvalue weighted by atomic mass is 16.5. The van der Waals surface area contributed by atoms with Gasteiger partial charge in [-0.05, 0) is 48.2 Å². The summed E-state index contributed by atoms with van der Waals surface area (Å²) in [4.78, 5) is 0. The van der Waals surface area contributed by atoms with E-state index in [1.165, 1.54) is 24.3 Å². The van der Waals surface area contributed by atoms with Crippen molar-refractivity contribution in [3.63, 3.8) is 0 Å². The Morgan fingerprint density at radius 2 is 1.30 bits per heavy atom. The molecule has 0 saturated carbocycles. The van der Waals surface area contributed by atoms with Gasteiger partial charge < -0.3 is 30.8 Å². The summed E-state index contributed by atoms with van der Waals surface area (Å²) < 4.78 is 0. The Morgan fingerprint density at radius 1 is 0.783 bits per heavy atom. The van der Waals surface area contributed by atoms with Crippen molar-refractivity contribution < 1.29 is 20.4 Å². The number of nitrogens with one attached hydrogen (secondary N) is 1. The Bertz CT molecular complexity index is 663. The SMILES string of the molecule is [O-]N(CCc1ccc(O)c(O)c1)NCCc1ccc(O)c(O)c1. The van der Waals surface area contributed by atoms with Crippen LogP contribution in [0.3, 0.4) is 0 Å². The van der Waals surface area contributed by atoms with E-state index in [1.807, 2.05) is 0 Å². The molecule has 0 bridgehead atoms. The first-order valence-corrected chi connectivity index (χ1v) is 7.15. The second-order valence-electron chi connectivity index (χ2n) is 5.16. The number of hydrogen-bond donors (Lipinski definition) is 5. The summed E-state index contributed by atoms with van der Waals surface area (Å²) >= 11 is 0. The van der Waals surface area contributed by atoms with Gasteiger partial charge in [0, 0.05) is 13.1 Å². The molecule has 0 aliphatic heterocycles.